The van der Waals surface area contributed by atoms with E-state index < -0.39 is 41.7 Å². The van der Waals surface area contributed by atoms with Crippen molar-refractivity contribution in [2.24, 2.45) is 0 Å². The van der Waals surface area contributed by atoms with Gasteiger partial charge in [0.05, 0.1) is 18.5 Å². The Labute approximate surface area is 150 Å². The molecule has 26 heavy (non-hydrogen) atoms. The highest BCUT2D eigenvalue weighted by atomic mass is 19.1. The summed E-state index contributed by atoms with van der Waals surface area (Å²) in [6, 6.07) is 0.166. The van der Waals surface area contributed by atoms with E-state index in [1.54, 1.807) is 13.8 Å². The van der Waals surface area contributed by atoms with Gasteiger partial charge in [-0.2, -0.15) is 0 Å². The van der Waals surface area contributed by atoms with Crippen LogP contribution in [0.3, 0.4) is 0 Å². The molecule has 0 aliphatic heterocycles. The molecule has 8 nitrogen and oxygen atoms in total. The topological polar surface area (TPSA) is 118 Å². The lowest BCUT2D eigenvalue weighted by Crippen LogP contribution is -2.45. The number of nitrogens with one attached hydrogen (secondary N) is 2. The fourth-order valence-corrected chi connectivity index (χ4v) is 2.14. The van der Waals surface area contributed by atoms with Crippen molar-refractivity contribution in [2.45, 2.75) is 44.9 Å². The van der Waals surface area contributed by atoms with Gasteiger partial charge < -0.3 is 20.2 Å². The van der Waals surface area contributed by atoms with E-state index in [4.69, 9.17) is 14.9 Å². The van der Waals surface area contributed by atoms with Gasteiger partial charge in [-0.05, 0) is 26.3 Å². The standard InChI is InChI=1S/C17H22FN3O5/c1-10(2)26-17(24)14(5-4-11(22)8-19)21-16(23)15(25-3)12-6-7-20-9-13(12)18/h6-10,14-15,19H,4-5H2,1-3H3,(H,21,23)/t14-,15+/m0/s1. The van der Waals surface area contributed by atoms with Crippen molar-refractivity contribution in [3.8, 4) is 0 Å². The van der Waals surface area contributed by atoms with Crippen LogP contribution in [0.25, 0.3) is 0 Å². The molecule has 1 aromatic rings. The molecular formula is C17H22FN3O5. The molecule has 0 aliphatic carbocycles. The Hall–Kier alpha value is -2.68. The van der Waals surface area contributed by atoms with Gasteiger partial charge in [0.15, 0.2) is 11.9 Å². The highest BCUT2D eigenvalue weighted by molar-refractivity contribution is 6.26. The van der Waals surface area contributed by atoms with Crippen molar-refractivity contribution >= 4 is 23.9 Å². The number of Topliss-reactive ketones (excluding diaryl/α,β-unsaturated/α-hetero) is 1. The van der Waals surface area contributed by atoms with Crippen molar-refractivity contribution in [1.29, 1.82) is 5.41 Å². The second-order valence-corrected chi connectivity index (χ2v) is 5.71. The number of ketones is 1. The number of rotatable bonds is 10. The number of pyridine rings is 1. The molecule has 1 rings (SSSR count). The zero-order valence-electron chi connectivity index (χ0n) is 14.8. The van der Waals surface area contributed by atoms with E-state index in [0.29, 0.717) is 6.21 Å². The normalized spacial score (nSPS) is 13.0. The average molecular weight is 367 g/mol. The zero-order valence-corrected chi connectivity index (χ0v) is 14.8. The van der Waals surface area contributed by atoms with Gasteiger partial charge in [-0.15, -0.1) is 0 Å². The number of hydrogen-bond acceptors (Lipinski definition) is 7. The average Bonchev–Trinajstić information content (AvgIpc) is 2.59. The van der Waals surface area contributed by atoms with Crippen LogP contribution in [0.15, 0.2) is 18.5 Å². The fraction of sp³-hybridized carbons (Fsp3) is 0.471. The summed E-state index contributed by atoms with van der Waals surface area (Å²) in [6.45, 7) is 3.29. The molecule has 2 atom stereocenters. The maximum absolute atomic E-state index is 13.9. The van der Waals surface area contributed by atoms with Crippen LogP contribution in [0, 0.1) is 11.2 Å². The molecule has 0 fully saturated rings. The summed E-state index contributed by atoms with van der Waals surface area (Å²) in [6.07, 6.45) is 0.995. The van der Waals surface area contributed by atoms with E-state index >= 15 is 0 Å². The Morgan fingerprint density at radius 3 is 2.62 bits per heavy atom. The van der Waals surface area contributed by atoms with Crippen LogP contribution < -0.4 is 5.32 Å². The summed E-state index contributed by atoms with van der Waals surface area (Å²) in [5, 5.41) is 9.33. The Morgan fingerprint density at radius 2 is 2.08 bits per heavy atom. The fourth-order valence-electron chi connectivity index (χ4n) is 2.14. The third-order valence-electron chi connectivity index (χ3n) is 3.35. The van der Waals surface area contributed by atoms with Crippen molar-refractivity contribution in [1.82, 2.24) is 10.3 Å². The highest BCUT2D eigenvalue weighted by Gasteiger charge is 2.29. The number of hydrogen-bond donors (Lipinski definition) is 2. The van der Waals surface area contributed by atoms with Crippen LogP contribution >= 0.6 is 0 Å². The van der Waals surface area contributed by atoms with Crippen LogP contribution in [0.5, 0.6) is 0 Å². The quantitative estimate of drug-likeness (QED) is 0.476. The Bertz CT molecular complexity index is 666. The Morgan fingerprint density at radius 1 is 1.38 bits per heavy atom. The van der Waals surface area contributed by atoms with Gasteiger partial charge in [-0.25, -0.2) is 9.18 Å². The van der Waals surface area contributed by atoms with Gasteiger partial charge in [0.2, 0.25) is 0 Å². The lowest BCUT2D eigenvalue weighted by Gasteiger charge is -2.22. The lowest BCUT2D eigenvalue weighted by molar-refractivity contribution is -0.152. The second-order valence-electron chi connectivity index (χ2n) is 5.71. The van der Waals surface area contributed by atoms with E-state index in [9.17, 15) is 18.8 Å². The van der Waals surface area contributed by atoms with E-state index in [-0.39, 0.29) is 18.4 Å². The molecule has 0 spiro atoms. The van der Waals surface area contributed by atoms with Gasteiger partial charge in [0.25, 0.3) is 5.91 Å². The number of carbonyl (C=O) groups excluding carboxylic acids is 3. The molecule has 0 unspecified atom stereocenters. The van der Waals surface area contributed by atoms with Gasteiger partial charge in [-0.1, -0.05) is 0 Å². The number of amides is 1. The summed E-state index contributed by atoms with van der Waals surface area (Å²) in [7, 11) is 1.23. The number of methoxy groups -OCH3 is 1. The lowest BCUT2D eigenvalue weighted by atomic mass is 10.1. The number of ether oxygens (including phenoxy) is 2. The molecule has 0 aromatic carbocycles. The minimum atomic E-state index is -1.30. The maximum Gasteiger partial charge on any atom is 0.328 e. The molecule has 1 amide bonds. The van der Waals surface area contributed by atoms with Gasteiger partial charge in [0, 0.05) is 25.3 Å². The number of aromatic nitrogens is 1. The van der Waals surface area contributed by atoms with Crippen molar-refractivity contribution in [2.75, 3.05) is 7.11 Å². The SMILES string of the molecule is CO[C@@H](C(=O)N[C@@H](CCC(=O)C=N)C(=O)OC(C)C)c1ccncc1F. The van der Waals surface area contributed by atoms with Crippen molar-refractivity contribution < 1.29 is 28.2 Å². The molecule has 9 heteroatoms. The third kappa shape index (κ3) is 6.32. The molecule has 1 heterocycles. The Balaban J connectivity index is 2.94. The van der Waals surface area contributed by atoms with Gasteiger partial charge in [0.1, 0.15) is 11.9 Å². The maximum atomic E-state index is 13.9. The van der Waals surface area contributed by atoms with E-state index in [0.717, 1.165) is 6.20 Å². The third-order valence-corrected chi connectivity index (χ3v) is 3.35. The minimum absolute atomic E-state index is 0.0356. The smallest absolute Gasteiger partial charge is 0.328 e. The molecule has 1 aromatic heterocycles. The zero-order chi connectivity index (χ0) is 19.7. The predicted molar refractivity (Wildman–Crippen MR) is 90.1 cm³/mol. The first-order valence-electron chi connectivity index (χ1n) is 7.96. The highest BCUT2D eigenvalue weighted by Crippen LogP contribution is 2.20. The number of esters is 1. The van der Waals surface area contributed by atoms with E-state index in [2.05, 4.69) is 10.3 Å². The van der Waals surface area contributed by atoms with Gasteiger partial charge >= 0.3 is 5.97 Å². The van der Waals surface area contributed by atoms with Crippen molar-refractivity contribution in [3.63, 3.8) is 0 Å². The first-order valence-corrected chi connectivity index (χ1v) is 7.96. The summed E-state index contributed by atoms with van der Waals surface area (Å²) < 4.78 is 24.0. The molecule has 0 bridgehead atoms. The monoisotopic (exact) mass is 367 g/mol. The molecular weight excluding hydrogens is 345 g/mol. The predicted octanol–water partition coefficient (Wildman–Crippen LogP) is 1.34. The first kappa shape index (κ1) is 21.4. The van der Waals surface area contributed by atoms with Crippen molar-refractivity contribution in [3.05, 3.63) is 29.8 Å². The van der Waals surface area contributed by atoms with Gasteiger partial charge in [-0.3, -0.25) is 14.6 Å². The van der Waals surface area contributed by atoms with Crippen LogP contribution in [0.4, 0.5) is 4.39 Å². The molecule has 2 N–H and O–H groups in total. The largest absolute Gasteiger partial charge is 0.461 e. The summed E-state index contributed by atoms with van der Waals surface area (Å²) in [4.78, 5) is 39.6. The number of halogens is 1. The van der Waals surface area contributed by atoms with Crippen LogP contribution in [0.2, 0.25) is 0 Å². The molecule has 0 aliphatic rings. The second kappa shape index (κ2) is 10.3. The van der Waals surface area contributed by atoms with E-state index in [1.807, 2.05) is 0 Å². The van der Waals surface area contributed by atoms with Crippen LogP contribution in [-0.2, 0) is 23.9 Å². The Kier molecular flexibility index (Phi) is 8.50. The summed E-state index contributed by atoms with van der Waals surface area (Å²) in [5.74, 6) is -2.71. The molecule has 0 saturated carbocycles. The first-order chi connectivity index (χ1) is 12.3. The summed E-state index contributed by atoms with van der Waals surface area (Å²) >= 11 is 0. The van der Waals surface area contributed by atoms with Crippen LogP contribution in [-0.4, -0.2) is 48.1 Å². The molecule has 142 valence electrons. The summed E-state index contributed by atoms with van der Waals surface area (Å²) in [5.41, 5.74) is -0.0356. The minimum Gasteiger partial charge on any atom is -0.461 e. The molecule has 0 saturated heterocycles. The number of nitrogens with zero attached hydrogens (tertiary/aromatic N) is 1. The van der Waals surface area contributed by atoms with E-state index in [1.165, 1.54) is 19.4 Å². The molecule has 0 radical (unpaired) electrons. The number of carbonyl (C=O) groups is 3. The van der Waals surface area contributed by atoms with Crippen LogP contribution in [0.1, 0.15) is 38.4 Å².